The second-order valence-corrected chi connectivity index (χ2v) is 8.92. The lowest BCUT2D eigenvalue weighted by atomic mass is 9.94. The molecule has 1 atom stereocenters. The van der Waals surface area contributed by atoms with Gasteiger partial charge in [0.1, 0.15) is 29.2 Å². The van der Waals surface area contributed by atoms with Crippen molar-refractivity contribution in [3.63, 3.8) is 0 Å². The van der Waals surface area contributed by atoms with Crippen LogP contribution in [0, 0.1) is 23.0 Å². The molecule has 1 aromatic carbocycles. The molecular formula is C26H24F3N5O. The molecule has 9 heteroatoms. The normalized spacial score (nSPS) is 14.0. The van der Waals surface area contributed by atoms with Crippen LogP contribution in [-0.4, -0.2) is 27.3 Å². The van der Waals surface area contributed by atoms with Gasteiger partial charge in [-0.2, -0.15) is 5.26 Å². The van der Waals surface area contributed by atoms with E-state index in [-0.39, 0.29) is 33.9 Å². The number of carbonyl (C=O) groups is 1. The van der Waals surface area contributed by atoms with E-state index in [9.17, 15) is 14.4 Å². The zero-order chi connectivity index (χ0) is 25.5. The molecule has 2 aromatic heterocycles. The summed E-state index contributed by atoms with van der Waals surface area (Å²) in [6.45, 7) is 7.04. The minimum absolute atomic E-state index is 0.0222. The van der Waals surface area contributed by atoms with Crippen LogP contribution in [0.15, 0.2) is 36.7 Å². The Morgan fingerprint density at radius 1 is 1.20 bits per heavy atom. The van der Waals surface area contributed by atoms with Gasteiger partial charge in [0.25, 0.3) is 5.91 Å². The highest BCUT2D eigenvalue weighted by molar-refractivity contribution is 5.99. The summed E-state index contributed by atoms with van der Waals surface area (Å²) in [7, 11) is 0. The third kappa shape index (κ3) is 4.44. The highest BCUT2D eigenvalue weighted by Gasteiger charge is 2.30. The number of nitriles is 1. The molecule has 0 spiro atoms. The topological polar surface area (TPSA) is 81.9 Å². The molecule has 0 bridgehead atoms. The smallest absolute Gasteiger partial charge is 0.254 e. The molecule has 0 saturated heterocycles. The molecule has 1 N–H and O–H groups in total. The lowest BCUT2D eigenvalue weighted by Crippen LogP contribution is -2.22. The Kier molecular flexibility index (Phi) is 6.24. The minimum Gasteiger partial charge on any atom is -0.363 e. The fourth-order valence-corrected chi connectivity index (χ4v) is 4.22. The van der Waals surface area contributed by atoms with E-state index in [1.165, 1.54) is 26.1 Å². The Hall–Kier alpha value is -3.93. The molecule has 1 unspecified atom stereocenters. The second kappa shape index (κ2) is 9.02. The summed E-state index contributed by atoms with van der Waals surface area (Å²) in [4.78, 5) is 22.5. The van der Waals surface area contributed by atoms with Gasteiger partial charge in [0.2, 0.25) is 0 Å². The summed E-state index contributed by atoms with van der Waals surface area (Å²) in [5.41, 5.74) is -0.604. The first-order valence-corrected chi connectivity index (χ1v) is 11.2. The van der Waals surface area contributed by atoms with E-state index in [2.05, 4.69) is 15.3 Å². The number of hydrogen-bond acceptors (Lipinski definition) is 5. The maximum atomic E-state index is 15.2. The van der Waals surface area contributed by atoms with Crippen molar-refractivity contribution in [2.45, 2.75) is 46.0 Å². The number of amides is 1. The number of hydrogen-bond donors (Lipinski definition) is 1. The van der Waals surface area contributed by atoms with Crippen LogP contribution in [0.5, 0.6) is 0 Å². The molecule has 1 aliphatic rings. The van der Waals surface area contributed by atoms with Gasteiger partial charge in [0.05, 0.1) is 23.8 Å². The summed E-state index contributed by atoms with van der Waals surface area (Å²) in [6, 6.07) is 6.20. The van der Waals surface area contributed by atoms with Crippen LogP contribution in [0.25, 0.3) is 11.3 Å². The SMILES string of the molecule is CCN1Cc2c(ccnc2NC(C)c2cc(F)c(-c3cc(C(C)(C)F)c(C#N)cn3)cc2F)C1=O. The van der Waals surface area contributed by atoms with Crippen LogP contribution in [0.2, 0.25) is 0 Å². The lowest BCUT2D eigenvalue weighted by molar-refractivity contribution is 0.0787. The fraction of sp³-hybridized carbons (Fsp3) is 0.308. The summed E-state index contributed by atoms with van der Waals surface area (Å²) in [5.74, 6) is -1.08. The quantitative estimate of drug-likeness (QED) is 0.494. The molecule has 6 nitrogen and oxygen atoms in total. The molecule has 0 saturated carbocycles. The van der Waals surface area contributed by atoms with E-state index < -0.39 is 23.3 Å². The number of nitrogens with one attached hydrogen (secondary N) is 1. The Morgan fingerprint density at radius 2 is 1.94 bits per heavy atom. The molecule has 180 valence electrons. The molecule has 0 fully saturated rings. The average molecular weight is 480 g/mol. The summed E-state index contributed by atoms with van der Waals surface area (Å²) < 4.78 is 44.9. The molecule has 1 aliphatic heterocycles. The standard InChI is InChI=1S/C26H24F3N5O/c1-5-34-13-19-16(25(34)35)6-7-31-24(19)33-14(2)17-8-22(28)18(9-21(17)27)23-10-20(26(3,4)29)15(11-30)12-32-23/h6-10,12,14H,5,13H2,1-4H3,(H,31,33). The predicted octanol–water partition coefficient (Wildman–Crippen LogP) is 5.65. The molecule has 3 aromatic rings. The van der Waals surface area contributed by atoms with E-state index >= 15 is 8.78 Å². The third-order valence-electron chi connectivity index (χ3n) is 6.15. The van der Waals surface area contributed by atoms with E-state index in [0.29, 0.717) is 30.0 Å². The van der Waals surface area contributed by atoms with E-state index in [0.717, 1.165) is 18.3 Å². The van der Waals surface area contributed by atoms with Gasteiger partial charge in [-0.1, -0.05) is 0 Å². The molecule has 4 rings (SSSR count). The van der Waals surface area contributed by atoms with Crippen LogP contribution in [-0.2, 0) is 12.2 Å². The predicted molar refractivity (Wildman–Crippen MR) is 125 cm³/mol. The zero-order valence-electron chi connectivity index (χ0n) is 19.8. The maximum Gasteiger partial charge on any atom is 0.254 e. The number of aromatic nitrogens is 2. The van der Waals surface area contributed by atoms with Crippen molar-refractivity contribution in [3.05, 3.63) is 76.1 Å². The van der Waals surface area contributed by atoms with Crippen LogP contribution in [0.1, 0.15) is 66.3 Å². The number of benzene rings is 1. The van der Waals surface area contributed by atoms with E-state index in [1.807, 2.05) is 13.0 Å². The number of fused-ring (bicyclic) bond motifs is 1. The van der Waals surface area contributed by atoms with Gasteiger partial charge in [0, 0.05) is 46.8 Å². The van der Waals surface area contributed by atoms with E-state index in [1.54, 1.807) is 17.9 Å². The fourth-order valence-electron chi connectivity index (χ4n) is 4.22. The van der Waals surface area contributed by atoms with Crippen molar-refractivity contribution in [2.24, 2.45) is 0 Å². The van der Waals surface area contributed by atoms with Crippen LogP contribution in [0.3, 0.4) is 0 Å². The van der Waals surface area contributed by atoms with Crippen molar-refractivity contribution in [1.29, 1.82) is 5.26 Å². The highest BCUT2D eigenvalue weighted by Crippen LogP contribution is 2.34. The van der Waals surface area contributed by atoms with Crippen LogP contribution in [0.4, 0.5) is 19.0 Å². The summed E-state index contributed by atoms with van der Waals surface area (Å²) in [6.07, 6.45) is 2.66. The molecule has 3 heterocycles. The maximum absolute atomic E-state index is 15.2. The Morgan fingerprint density at radius 3 is 2.60 bits per heavy atom. The number of halogens is 3. The number of carbonyl (C=O) groups excluding carboxylic acids is 1. The van der Waals surface area contributed by atoms with Crippen molar-refractivity contribution < 1.29 is 18.0 Å². The van der Waals surface area contributed by atoms with Gasteiger partial charge in [0.15, 0.2) is 0 Å². The van der Waals surface area contributed by atoms with Crippen molar-refractivity contribution in [1.82, 2.24) is 14.9 Å². The highest BCUT2D eigenvalue weighted by atomic mass is 19.1. The van der Waals surface area contributed by atoms with E-state index in [4.69, 9.17) is 0 Å². The molecule has 0 aliphatic carbocycles. The lowest BCUT2D eigenvalue weighted by Gasteiger charge is -2.19. The molecule has 35 heavy (non-hydrogen) atoms. The first kappa shape index (κ1) is 24.2. The van der Waals surface area contributed by atoms with Gasteiger partial charge < -0.3 is 10.2 Å². The second-order valence-electron chi connectivity index (χ2n) is 8.92. The van der Waals surface area contributed by atoms with Gasteiger partial charge in [-0.05, 0) is 52.0 Å². The van der Waals surface area contributed by atoms with Crippen LogP contribution >= 0.6 is 0 Å². The van der Waals surface area contributed by atoms with Gasteiger partial charge in [-0.15, -0.1) is 0 Å². The zero-order valence-corrected chi connectivity index (χ0v) is 19.8. The number of alkyl halides is 1. The number of pyridine rings is 2. The van der Waals surface area contributed by atoms with Crippen LogP contribution < -0.4 is 5.32 Å². The third-order valence-corrected chi connectivity index (χ3v) is 6.15. The van der Waals surface area contributed by atoms with Crippen molar-refractivity contribution >= 4 is 11.7 Å². The van der Waals surface area contributed by atoms with Gasteiger partial charge in [-0.25, -0.2) is 18.2 Å². The number of rotatable bonds is 6. The number of nitrogens with zero attached hydrogens (tertiary/aromatic N) is 4. The van der Waals surface area contributed by atoms with Crippen molar-refractivity contribution in [2.75, 3.05) is 11.9 Å². The summed E-state index contributed by atoms with van der Waals surface area (Å²) in [5, 5.41) is 12.3. The van der Waals surface area contributed by atoms with Gasteiger partial charge in [-0.3, -0.25) is 9.78 Å². The monoisotopic (exact) mass is 479 g/mol. The molecule has 0 radical (unpaired) electrons. The Bertz CT molecular complexity index is 1360. The minimum atomic E-state index is -1.87. The first-order chi connectivity index (χ1) is 16.5. The Labute approximate surface area is 201 Å². The number of anilines is 1. The molecular weight excluding hydrogens is 455 g/mol. The summed E-state index contributed by atoms with van der Waals surface area (Å²) >= 11 is 0. The van der Waals surface area contributed by atoms with Gasteiger partial charge >= 0.3 is 0 Å². The molecule has 1 amide bonds. The average Bonchev–Trinajstić information content (AvgIpc) is 3.16. The van der Waals surface area contributed by atoms with Crippen molar-refractivity contribution in [3.8, 4) is 17.3 Å². The Balaban J connectivity index is 1.66. The first-order valence-electron chi connectivity index (χ1n) is 11.2. The largest absolute Gasteiger partial charge is 0.363 e.